The summed E-state index contributed by atoms with van der Waals surface area (Å²) < 4.78 is 12.5. The zero-order valence-corrected chi connectivity index (χ0v) is 8.63. The number of rotatable bonds is 3. The van der Waals surface area contributed by atoms with Crippen LogP contribution in [-0.4, -0.2) is 31.1 Å². The summed E-state index contributed by atoms with van der Waals surface area (Å²) in [4.78, 5) is 0. The summed E-state index contributed by atoms with van der Waals surface area (Å²) in [6.45, 7) is 0. The molecule has 0 amide bonds. The van der Waals surface area contributed by atoms with Crippen LogP contribution in [0.15, 0.2) is 0 Å². The first kappa shape index (κ1) is 11.8. The first-order valence-corrected chi connectivity index (χ1v) is 3.79. The molecule has 0 aliphatic rings. The van der Waals surface area contributed by atoms with Crippen molar-refractivity contribution in [1.29, 1.82) is 0 Å². The highest BCUT2D eigenvalue weighted by molar-refractivity contribution is 6.68. The Balaban J connectivity index is 4.54. The fourth-order valence-electron chi connectivity index (χ4n) is 0.597. The summed E-state index contributed by atoms with van der Waals surface area (Å²) in [5, 5.41) is 0. The lowest BCUT2D eigenvalue weighted by Gasteiger charge is -2.34. The number of hydrogen-bond donors (Lipinski definition) is 0. The number of hydrogen-bond acceptors (Lipinski definition) is 3. The predicted molar refractivity (Wildman–Crippen MR) is 44.0 cm³/mol. The zero-order chi connectivity index (χ0) is 9.12. The Labute approximate surface area is 80.4 Å². The van der Waals surface area contributed by atoms with Crippen LogP contribution in [-0.2, 0) is 14.2 Å². The lowest BCUT2D eigenvalue weighted by atomic mass is 10.6. The Bertz CT molecular complexity index is 110. The van der Waals surface area contributed by atoms with Crippen LogP contribution in [0.2, 0.25) is 0 Å². The Morgan fingerprint density at radius 1 is 0.818 bits per heavy atom. The molecule has 0 rings (SSSR count). The van der Waals surface area contributed by atoms with Crippen molar-refractivity contribution in [1.82, 2.24) is 0 Å². The van der Waals surface area contributed by atoms with Crippen LogP contribution in [0.25, 0.3) is 0 Å². The van der Waals surface area contributed by atoms with Crippen molar-refractivity contribution >= 4 is 34.8 Å². The molecular weight excluding hydrogens is 214 g/mol. The summed E-state index contributed by atoms with van der Waals surface area (Å²) in [6.07, 6.45) is 0. The maximum atomic E-state index is 5.51. The molecule has 0 heterocycles. The van der Waals surface area contributed by atoms with Crippen LogP contribution in [0.3, 0.4) is 0 Å². The van der Waals surface area contributed by atoms with E-state index in [0.29, 0.717) is 0 Å². The summed E-state index contributed by atoms with van der Waals surface area (Å²) in [6, 6.07) is 0. The summed E-state index contributed by atoms with van der Waals surface area (Å²) >= 11 is 16.5. The Morgan fingerprint density at radius 2 is 1.09 bits per heavy atom. The van der Waals surface area contributed by atoms with Gasteiger partial charge in [0.15, 0.2) is 0 Å². The maximum absolute atomic E-state index is 5.51. The van der Waals surface area contributed by atoms with Crippen LogP contribution in [0.1, 0.15) is 0 Å². The van der Waals surface area contributed by atoms with Gasteiger partial charge >= 0.3 is 5.97 Å². The van der Waals surface area contributed by atoms with E-state index >= 15 is 0 Å². The van der Waals surface area contributed by atoms with Gasteiger partial charge in [-0.3, -0.25) is 0 Å². The van der Waals surface area contributed by atoms with Crippen molar-refractivity contribution in [2.24, 2.45) is 0 Å². The lowest BCUT2D eigenvalue weighted by molar-refractivity contribution is -0.349. The second-order valence-corrected chi connectivity index (χ2v) is 3.95. The molecule has 0 spiro atoms. The van der Waals surface area contributed by atoms with E-state index in [9.17, 15) is 0 Å². The molecule has 0 saturated carbocycles. The van der Waals surface area contributed by atoms with E-state index in [4.69, 9.17) is 49.0 Å². The molecule has 6 heteroatoms. The molecule has 3 nitrogen and oxygen atoms in total. The average Bonchev–Trinajstić information content (AvgIpc) is 1.90. The molecule has 11 heavy (non-hydrogen) atoms. The van der Waals surface area contributed by atoms with Gasteiger partial charge in [0.25, 0.3) is 3.79 Å². The molecule has 0 aliphatic carbocycles. The number of methoxy groups -OCH3 is 3. The van der Waals surface area contributed by atoms with Gasteiger partial charge in [0.2, 0.25) is 0 Å². The average molecular weight is 223 g/mol. The van der Waals surface area contributed by atoms with Gasteiger partial charge in [-0.15, -0.1) is 0 Å². The van der Waals surface area contributed by atoms with Crippen molar-refractivity contribution in [3.8, 4) is 0 Å². The molecule has 68 valence electrons. The van der Waals surface area contributed by atoms with Crippen LogP contribution < -0.4 is 0 Å². The molecule has 0 radical (unpaired) electrons. The van der Waals surface area contributed by atoms with Gasteiger partial charge in [0.05, 0.1) is 0 Å². The van der Waals surface area contributed by atoms with Gasteiger partial charge in [-0.1, -0.05) is 34.8 Å². The van der Waals surface area contributed by atoms with Crippen LogP contribution in [0.5, 0.6) is 0 Å². The van der Waals surface area contributed by atoms with Crippen LogP contribution >= 0.6 is 34.8 Å². The van der Waals surface area contributed by atoms with Crippen molar-refractivity contribution in [3.05, 3.63) is 0 Å². The molecule has 0 atom stereocenters. The van der Waals surface area contributed by atoms with Crippen molar-refractivity contribution < 1.29 is 14.2 Å². The van der Waals surface area contributed by atoms with E-state index in [2.05, 4.69) is 0 Å². The second kappa shape index (κ2) is 4.12. The van der Waals surface area contributed by atoms with Crippen LogP contribution in [0.4, 0.5) is 0 Å². The first-order chi connectivity index (χ1) is 4.93. The third kappa shape index (κ3) is 2.34. The number of alkyl halides is 3. The van der Waals surface area contributed by atoms with Crippen molar-refractivity contribution in [2.45, 2.75) is 9.77 Å². The van der Waals surface area contributed by atoms with Crippen LogP contribution in [0, 0.1) is 0 Å². The van der Waals surface area contributed by atoms with Gasteiger partial charge in [-0.25, -0.2) is 0 Å². The molecule has 0 aromatic rings. The molecular formula is C5H9Cl3O3. The van der Waals surface area contributed by atoms with Crippen molar-refractivity contribution in [3.63, 3.8) is 0 Å². The highest BCUT2D eigenvalue weighted by atomic mass is 35.6. The number of ether oxygens (including phenoxy) is 3. The fourth-order valence-corrected chi connectivity index (χ4v) is 1.29. The number of halogens is 3. The quantitative estimate of drug-likeness (QED) is 0.541. The largest absolute Gasteiger partial charge is 0.332 e. The van der Waals surface area contributed by atoms with E-state index in [1.54, 1.807) is 0 Å². The normalized spacial score (nSPS) is 13.6. The molecule has 0 fully saturated rings. The molecule has 0 saturated heterocycles. The predicted octanol–water partition coefficient (Wildman–Crippen LogP) is 1.95. The third-order valence-corrected chi connectivity index (χ3v) is 1.85. The molecule has 0 unspecified atom stereocenters. The maximum Gasteiger partial charge on any atom is 0.332 e. The minimum atomic E-state index is -1.79. The molecule has 0 bridgehead atoms. The highest BCUT2D eigenvalue weighted by Crippen LogP contribution is 2.41. The summed E-state index contributed by atoms with van der Waals surface area (Å²) in [5.41, 5.74) is 0. The highest BCUT2D eigenvalue weighted by Gasteiger charge is 2.51. The molecule has 0 N–H and O–H groups in total. The molecule has 0 aliphatic heterocycles. The minimum Gasteiger partial charge on any atom is -0.327 e. The summed E-state index contributed by atoms with van der Waals surface area (Å²) in [7, 11) is 3.94. The van der Waals surface area contributed by atoms with E-state index < -0.39 is 9.77 Å². The van der Waals surface area contributed by atoms with E-state index in [1.165, 1.54) is 21.3 Å². The van der Waals surface area contributed by atoms with Gasteiger partial charge in [0, 0.05) is 21.3 Å². The van der Waals surface area contributed by atoms with E-state index in [1.807, 2.05) is 0 Å². The minimum absolute atomic E-state index is 1.31. The smallest absolute Gasteiger partial charge is 0.327 e. The first-order valence-electron chi connectivity index (χ1n) is 2.65. The Hall–Kier alpha value is 0.750. The SMILES string of the molecule is COC(OC)(OC)C(Cl)(Cl)Cl. The van der Waals surface area contributed by atoms with E-state index in [0.717, 1.165) is 0 Å². The van der Waals surface area contributed by atoms with Gasteiger partial charge < -0.3 is 14.2 Å². The Morgan fingerprint density at radius 3 is 1.09 bits per heavy atom. The third-order valence-electron chi connectivity index (χ3n) is 1.15. The fraction of sp³-hybridized carbons (Fsp3) is 1.00. The standard InChI is InChI=1S/C5H9Cl3O3/c1-9-5(10-2,11-3)4(6,7)8/h1-3H3. The van der Waals surface area contributed by atoms with E-state index in [-0.39, 0.29) is 0 Å². The topological polar surface area (TPSA) is 27.7 Å². The summed E-state index contributed by atoms with van der Waals surface area (Å²) in [5.74, 6) is -1.64. The second-order valence-electron chi connectivity index (χ2n) is 1.67. The monoisotopic (exact) mass is 222 g/mol. The molecule has 0 aromatic heterocycles. The molecule has 0 aromatic carbocycles. The van der Waals surface area contributed by atoms with Gasteiger partial charge in [-0.2, -0.15) is 0 Å². The van der Waals surface area contributed by atoms with Crippen molar-refractivity contribution in [2.75, 3.05) is 21.3 Å². The van der Waals surface area contributed by atoms with Gasteiger partial charge in [-0.05, 0) is 0 Å². The Kier molecular flexibility index (Phi) is 4.40. The zero-order valence-electron chi connectivity index (χ0n) is 6.36. The van der Waals surface area contributed by atoms with Gasteiger partial charge in [0.1, 0.15) is 0 Å². The lowest BCUT2D eigenvalue weighted by Crippen LogP contribution is -2.48.